The van der Waals surface area contributed by atoms with Gasteiger partial charge in [-0.1, -0.05) is 0 Å². The van der Waals surface area contributed by atoms with Crippen LogP contribution < -0.4 is 10.6 Å². The summed E-state index contributed by atoms with van der Waals surface area (Å²) in [6.07, 6.45) is 3.83. The molecule has 1 saturated heterocycles. The quantitative estimate of drug-likeness (QED) is 0.305. The van der Waals surface area contributed by atoms with Gasteiger partial charge in [-0.05, 0) is 74.5 Å². The molecule has 34 heavy (non-hydrogen) atoms. The van der Waals surface area contributed by atoms with Crippen LogP contribution in [0.2, 0.25) is 0 Å². The number of hydrogen-bond donors (Lipinski definition) is 4. The third-order valence-electron chi connectivity index (χ3n) is 5.73. The highest BCUT2D eigenvalue weighted by Crippen LogP contribution is 2.29. The number of H-pyrrole nitrogens is 1. The summed E-state index contributed by atoms with van der Waals surface area (Å²) in [6.45, 7) is 3.17. The molecule has 1 aliphatic rings. The minimum atomic E-state index is -0.0773. The Hall–Kier alpha value is -3.41. The lowest BCUT2D eigenvalue weighted by atomic mass is 10.2. The zero-order chi connectivity index (χ0) is 23.5. The van der Waals surface area contributed by atoms with Crippen LogP contribution in [0.1, 0.15) is 18.5 Å². The van der Waals surface area contributed by atoms with Crippen molar-refractivity contribution < 1.29 is 9.90 Å². The molecular weight excluding hydrogens is 452 g/mol. The number of aliphatic hydroxyl groups is 1. The topological polar surface area (TPSA) is 123 Å². The van der Waals surface area contributed by atoms with Crippen molar-refractivity contribution in [2.45, 2.75) is 35.9 Å². The van der Waals surface area contributed by atoms with Crippen LogP contribution in [0.25, 0.3) is 5.52 Å². The molecule has 0 spiro atoms. The fraction of sp³-hybridized carbons (Fsp3) is 0.304. The summed E-state index contributed by atoms with van der Waals surface area (Å²) < 4.78 is 1.78. The lowest BCUT2D eigenvalue weighted by molar-refractivity contribution is -0.117. The van der Waals surface area contributed by atoms with E-state index in [2.05, 4.69) is 30.9 Å². The number of carbonyl (C=O) groups is 1. The molecule has 4 heterocycles. The Balaban J connectivity index is 1.25. The number of benzene rings is 1. The second-order valence-corrected chi connectivity index (χ2v) is 9.31. The summed E-state index contributed by atoms with van der Waals surface area (Å²) in [7, 11) is 0. The SMILES string of the molecule is Cc1cc(Nc2nc(Sc3ccc(NC(=O)CN4CCC[C@@H]4CO)cc3)nn3cccc23)n[nH]1. The van der Waals surface area contributed by atoms with E-state index in [-0.39, 0.29) is 25.1 Å². The third-order valence-corrected chi connectivity index (χ3v) is 6.59. The van der Waals surface area contributed by atoms with E-state index in [4.69, 9.17) is 0 Å². The molecule has 176 valence electrons. The zero-order valence-electron chi connectivity index (χ0n) is 18.7. The second kappa shape index (κ2) is 9.84. The summed E-state index contributed by atoms with van der Waals surface area (Å²) in [5.74, 6) is 1.28. The van der Waals surface area contributed by atoms with E-state index in [0.29, 0.717) is 16.8 Å². The largest absolute Gasteiger partial charge is 0.395 e. The molecule has 11 heteroatoms. The minimum absolute atomic E-state index is 0.0773. The molecule has 0 bridgehead atoms. The molecule has 1 aliphatic heterocycles. The van der Waals surface area contributed by atoms with Gasteiger partial charge in [0.05, 0.1) is 13.2 Å². The number of aliphatic hydroxyl groups excluding tert-OH is 1. The van der Waals surface area contributed by atoms with E-state index in [1.807, 2.05) is 60.5 Å². The molecule has 1 fully saturated rings. The Kier molecular flexibility index (Phi) is 6.48. The van der Waals surface area contributed by atoms with Gasteiger partial charge in [0.25, 0.3) is 0 Å². The standard InChI is InChI=1S/C23H26N8O2S/c1-15-12-20(28-27-15)25-22-19-5-3-11-31(19)29-23(26-22)34-18-8-6-16(7-9-18)24-21(33)13-30-10-2-4-17(30)14-32/h3,5-9,11-12,17,32H,2,4,10,13-14H2,1H3,(H,24,33)(H2,25,26,27,28,29)/t17-/m1/s1. The Bertz CT molecular complexity index is 1290. The van der Waals surface area contributed by atoms with Crippen LogP contribution in [0, 0.1) is 6.92 Å². The van der Waals surface area contributed by atoms with Crippen LogP contribution in [0.5, 0.6) is 0 Å². The predicted octanol–water partition coefficient (Wildman–Crippen LogP) is 3.05. The molecule has 1 atom stereocenters. The number of likely N-dealkylation sites (tertiary alicyclic amines) is 1. The Morgan fingerprint density at radius 1 is 1.29 bits per heavy atom. The van der Waals surface area contributed by atoms with E-state index in [1.54, 1.807) is 4.52 Å². The van der Waals surface area contributed by atoms with Crippen LogP contribution in [-0.2, 0) is 4.79 Å². The van der Waals surface area contributed by atoms with Gasteiger partial charge in [0.15, 0.2) is 11.6 Å². The average Bonchev–Trinajstić information content (AvgIpc) is 3.56. The highest BCUT2D eigenvalue weighted by molar-refractivity contribution is 7.99. The molecule has 4 N–H and O–H groups in total. The minimum Gasteiger partial charge on any atom is -0.395 e. The van der Waals surface area contributed by atoms with Gasteiger partial charge >= 0.3 is 0 Å². The highest BCUT2D eigenvalue weighted by Gasteiger charge is 2.25. The maximum Gasteiger partial charge on any atom is 0.238 e. The number of amides is 1. The van der Waals surface area contributed by atoms with Crippen molar-refractivity contribution in [2.75, 3.05) is 30.3 Å². The Labute approximate surface area is 200 Å². The van der Waals surface area contributed by atoms with Crippen molar-refractivity contribution in [3.05, 3.63) is 54.4 Å². The molecule has 0 aliphatic carbocycles. The molecule has 0 radical (unpaired) electrons. The molecule has 4 aromatic rings. The molecular formula is C23H26N8O2S. The van der Waals surface area contributed by atoms with Crippen molar-refractivity contribution in [3.8, 4) is 0 Å². The summed E-state index contributed by atoms with van der Waals surface area (Å²) in [4.78, 5) is 20.1. The molecule has 5 rings (SSSR count). The van der Waals surface area contributed by atoms with Gasteiger partial charge in [-0.3, -0.25) is 14.8 Å². The molecule has 1 amide bonds. The van der Waals surface area contributed by atoms with Gasteiger partial charge in [0.2, 0.25) is 11.1 Å². The van der Waals surface area contributed by atoms with Crippen molar-refractivity contribution in [1.82, 2.24) is 29.7 Å². The van der Waals surface area contributed by atoms with Gasteiger partial charge in [-0.25, -0.2) is 9.50 Å². The first-order valence-electron chi connectivity index (χ1n) is 11.1. The zero-order valence-corrected chi connectivity index (χ0v) is 19.5. The van der Waals surface area contributed by atoms with E-state index in [0.717, 1.165) is 41.2 Å². The fourth-order valence-electron chi connectivity index (χ4n) is 4.06. The summed E-state index contributed by atoms with van der Waals surface area (Å²) in [6, 6.07) is 13.5. The van der Waals surface area contributed by atoms with Crippen molar-refractivity contribution in [2.24, 2.45) is 0 Å². The van der Waals surface area contributed by atoms with Gasteiger partial charge < -0.3 is 15.7 Å². The second-order valence-electron chi connectivity index (χ2n) is 8.27. The lowest BCUT2D eigenvalue weighted by Crippen LogP contribution is -2.38. The van der Waals surface area contributed by atoms with Gasteiger partial charge in [-0.2, -0.15) is 5.10 Å². The fourth-order valence-corrected chi connectivity index (χ4v) is 4.81. The molecule has 1 aromatic carbocycles. The van der Waals surface area contributed by atoms with Crippen LogP contribution in [-0.4, -0.2) is 66.4 Å². The monoisotopic (exact) mass is 478 g/mol. The van der Waals surface area contributed by atoms with Crippen molar-refractivity contribution in [1.29, 1.82) is 0 Å². The maximum atomic E-state index is 12.4. The number of nitrogens with one attached hydrogen (secondary N) is 3. The number of rotatable bonds is 8. The van der Waals surface area contributed by atoms with Crippen molar-refractivity contribution >= 4 is 40.5 Å². The van der Waals surface area contributed by atoms with E-state index in [1.165, 1.54) is 11.8 Å². The summed E-state index contributed by atoms with van der Waals surface area (Å²) in [5, 5.41) is 27.9. The third kappa shape index (κ3) is 5.06. The summed E-state index contributed by atoms with van der Waals surface area (Å²) in [5.41, 5.74) is 2.54. The lowest BCUT2D eigenvalue weighted by Gasteiger charge is -2.21. The van der Waals surface area contributed by atoms with E-state index in [9.17, 15) is 9.90 Å². The maximum absolute atomic E-state index is 12.4. The molecule has 0 unspecified atom stereocenters. The van der Waals surface area contributed by atoms with Crippen LogP contribution in [0.4, 0.5) is 17.3 Å². The van der Waals surface area contributed by atoms with Crippen molar-refractivity contribution in [3.63, 3.8) is 0 Å². The normalized spacial score (nSPS) is 16.2. The number of carbonyl (C=O) groups excluding carboxylic acids is 1. The summed E-state index contributed by atoms with van der Waals surface area (Å²) >= 11 is 1.43. The first kappa shape index (κ1) is 22.4. The van der Waals surface area contributed by atoms with Gasteiger partial charge in [0.1, 0.15) is 5.52 Å². The number of aromatic amines is 1. The molecule has 0 saturated carbocycles. The number of anilines is 3. The smallest absolute Gasteiger partial charge is 0.238 e. The first-order valence-corrected chi connectivity index (χ1v) is 12.0. The first-order chi connectivity index (χ1) is 16.6. The van der Waals surface area contributed by atoms with Gasteiger partial charge in [-0.15, -0.1) is 5.10 Å². The predicted molar refractivity (Wildman–Crippen MR) is 130 cm³/mol. The Morgan fingerprint density at radius 3 is 2.91 bits per heavy atom. The van der Waals surface area contributed by atoms with E-state index >= 15 is 0 Å². The van der Waals surface area contributed by atoms with Crippen LogP contribution >= 0.6 is 11.8 Å². The van der Waals surface area contributed by atoms with Crippen LogP contribution in [0.15, 0.2) is 58.7 Å². The van der Waals surface area contributed by atoms with Crippen LogP contribution in [0.3, 0.4) is 0 Å². The number of aromatic nitrogens is 5. The number of nitrogens with zero attached hydrogens (tertiary/aromatic N) is 5. The van der Waals surface area contributed by atoms with Gasteiger partial charge in [0, 0.05) is 34.6 Å². The molecule has 10 nitrogen and oxygen atoms in total. The van der Waals surface area contributed by atoms with E-state index < -0.39 is 0 Å². The Morgan fingerprint density at radius 2 is 2.15 bits per heavy atom. The highest BCUT2D eigenvalue weighted by atomic mass is 32.2. The number of fused-ring (bicyclic) bond motifs is 1. The average molecular weight is 479 g/mol. The number of hydrogen-bond acceptors (Lipinski definition) is 8. The molecule has 3 aromatic heterocycles. The number of aryl methyl sites for hydroxylation is 1.